The smallest absolute Gasteiger partial charge is 0.244 e. The number of carbonyl (C=O) groups excluding carboxylic acids is 1. The van der Waals surface area contributed by atoms with E-state index in [1.807, 2.05) is 24.3 Å². The Hall–Kier alpha value is -0.710. The third-order valence-corrected chi connectivity index (χ3v) is 4.09. The summed E-state index contributed by atoms with van der Waals surface area (Å²) in [6.45, 7) is 0. The largest absolute Gasteiger partial charge is 0.324 e. The highest BCUT2D eigenvalue weighted by Gasteiger charge is 2.36. The molecule has 0 radical (unpaired) electrons. The third-order valence-electron chi connectivity index (χ3n) is 3.47. The van der Waals surface area contributed by atoms with E-state index in [-0.39, 0.29) is 18.3 Å². The molecule has 2 rings (SSSR count). The van der Waals surface area contributed by atoms with Crippen molar-refractivity contribution in [1.29, 1.82) is 0 Å². The van der Waals surface area contributed by atoms with Crippen LogP contribution in [0.2, 0.25) is 0 Å². The lowest BCUT2D eigenvalue weighted by molar-refractivity contribution is -0.121. The summed E-state index contributed by atoms with van der Waals surface area (Å²) in [7, 11) is 0. The summed E-state index contributed by atoms with van der Waals surface area (Å²) in [5.74, 6) is 0.951. The van der Waals surface area contributed by atoms with Crippen molar-refractivity contribution >= 4 is 35.8 Å². The van der Waals surface area contributed by atoms with Crippen LogP contribution in [0.4, 0.5) is 5.69 Å². The van der Waals surface area contributed by atoms with Gasteiger partial charge in [-0.05, 0) is 36.8 Å². The molecule has 106 valence electrons. The van der Waals surface area contributed by atoms with Crippen LogP contribution in [0.3, 0.4) is 0 Å². The first-order chi connectivity index (χ1) is 8.64. The van der Waals surface area contributed by atoms with E-state index < -0.39 is 5.54 Å². The normalized spacial score (nSPS) is 16.7. The van der Waals surface area contributed by atoms with Crippen LogP contribution in [-0.2, 0) is 10.5 Å². The van der Waals surface area contributed by atoms with Crippen molar-refractivity contribution in [2.75, 3.05) is 11.6 Å². The summed E-state index contributed by atoms with van der Waals surface area (Å²) < 4.78 is 0. The highest BCUT2D eigenvalue weighted by Crippen LogP contribution is 2.28. The summed E-state index contributed by atoms with van der Waals surface area (Å²) in [6, 6.07) is 7.98. The predicted molar refractivity (Wildman–Crippen MR) is 84.9 cm³/mol. The molecule has 1 aliphatic rings. The molecule has 1 amide bonds. The third kappa shape index (κ3) is 4.13. The molecule has 0 aliphatic heterocycles. The minimum absolute atomic E-state index is 0. The van der Waals surface area contributed by atoms with Gasteiger partial charge in [-0.25, -0.2) is 0 Å². The van der Waals surface area contributed by atoms with Gasteiger partial charge in [0.15, 0.2) is 0 Å². The van der Waals surface area contributed by atoms with Gasteiger partial charge in [0.25, 0.3) is 0 Å². The maximum absolute atomic E-state index is 12.1. The van der Waals surface area contributed by atoms with Crippen molar-refractivity contribution in [3.05, 3.63) is 29.8 Å². The fourth-order valence-electron chi connectivity index (χ4n) is 2.34. The van der Waals surface area contributed by atoms with Crippen molar-refractivity contribution in [1.82, 2.24) is 0 Å². The predicted octanol–water partition coefficient (Wildman–Crippen LogP) is 3.18. The molecule has 1 fully saturated rings. The number of hydrogen-bond donors (Lipinski definition) is 2. The minimum atomic E-state index is -0.655. The number of rotatable bonds is 4. The van der Waals surface area contributed by atoms with Crippen LogP contribution >= 0.6 is 24.2 Å². The van der Waals surface area contributed by atoms with Gasteiger partial charge in [0.1, 0.15) is 0 Å². The van der Waals surface area contributed by atoms with Crippen LogP contribution in [0.5, 0.6) is 0 Å². The van der Waals surface area contributed by atoms with Crippen molar-refractivity contribution in [3.8, 4) is 0 Å². The molecule has 0 unspecified atom stereocenters. The quantitative estimate of drug-likeness (QED) is 0.898. The Balaban J connectivity index is 0.00000180. The lowest BCUT2D eigenvalue weighted by Crippen LogP contribution is -2.48. The molecular formula is C14H21ClN2OS. The first-order valence-electron chi connectivity index (χ1n) is 6.32. The number of anilines is 1. The van der Waals surface area contributed by atoms with Gasteiger partial charge in [-0.15, -0.1) is 12.4 Å². The molecule has 1 aromatic carbocycles. The Morgan fingerprint density at radius 3 is 2.42 bits per heavy atom. The second kappa shape index (κ2) is 7.17. The molecule has 0 bridgehead atoms. The van der Waals surface area contributed by atoms with Crippen LogP contribution < -0.4 is 11.1 Å². The topological polar surface area (TPSA) is 55.1 Å². The van der Waals surface area contributed by atoms with Gasteiger partial charge in [-0.3, -0.25) is 4.79 Å². The van der Waals surface area contributed by atoms with Crippen molar-refractivity contribution in [2.24, 2.45) is 5.73 Å². The lowest BCUT2D eigenvalue weighted by atomic mass is 9.98. The van der Waals surface area contributed by atoms with E-state index in [9.17, 15) is 4.79 Å². The minimum Gasteiger partial charge on any atom is -0.324 e. The van der Waals surface area contributed by atoms with E-state index in [0.29, 0.717) is 0 Å². The van der Waals surface area contributed by atoms with Crippen LogP contribution in [0.1, 0.15) is 31.2 Å². The van der Waals surface area contributed by atoms with Gasteiger partial charge in [-0.1, -0.05) is 25.0 Å². The number of nitrogens with two attached hydrogens (primary N) is 1. The number of hydrogen-bond acceptors (Lipinski definition) is 3. The van der Waals surface area contributed by atoms with Gasteiger partial charge in [0, 0.05) is 11.4 Å². The molecule has 5 heteroatoms. The average molecular weight is 301 g/mol. The van der Waals surface area contributed by atoms with Crippen LogP contribution in [0, 0.1) is 0 Å². The molecule has 0 heterocycles. The van der Waals surface area contributed by atoms with Crippen molar-refractivity contribution < 1.29 is 4.79 Å². The second-order valence-electron chi connectivity index (χ2n) is 4.95. The van der Waals surface area contributed by atoms with Crippen molar-refractivity contribution in [3.63, 3.8) is 0 Å². The molecule has 1 saturated carbocycles. The van der Waals surface area contributed by atoms with Gasteiger partial charge in [-0.2, -0.15) is 11.8 Å². The Labute approximate surface area is 125 Å². The molecule has 1 aromatic rings. The Morgan fingerprint density at radius 2 is 1.89 bits per heavy atom. The Kier molecular flexibility index (Phi) is 6.17. The SMILES string of the molecule is CSCc1ccc(NC(=O)C2(N)CCCC2)cc1.Cl. The van der Waals surface area contributed by atoms with E-state index in [2.05, 4.69) is 11.6 Å². The molecule has 0 spiro atoms. The van der Waals surface area contributed by atoms with Crippen LogP contribution in [0.15, 0.2) is 24.3 Å². The molecule has 0 saturated heterocycles. The summed E-state index contributed by atoms with van der Waals surface area (Å²) in [5, 5.41) is 2.92. The van der Waals surface area contributed by atoms with E-state index in [4.69, 9.17) is 5.73 Å². The molecule has 0 atom stereocenters. The Bertz CT molecular complexity index is 416. The number of carbonyl (C=O) groups is 1. The highest BCUT2D eigenvalue weighted by molar-refractivity contribution is 7.97. The molecular weight excluding hydrogens is 280 g/mol. The molecule has 3 nitrogen and oxygen atoms in total. The zero-order valence-corrected chi connectivity index (χ0v) is 12.8. The Morgan fingerprint density at radius 1 is 1.32 bits per heavy atom. The summed E-state index contributed by atoms with van der Waals surface area (Å²) in [5.41, 5.74) is 7.56. The summed E-state index contributed by atoms with van der Waals surface area (Å²) in [6.07, 6.45) is 5.77. The van der Waals surface area contributed by atoms with E-state index >= 15 is 0 Å². The number of benzene rings is 1. The maximum atomic E-state index is 12.1. The summed E-state index contributed by atoms with van der Waals surface area (Å²) in [4.78, 5) is 12.1. The molecule has 3 N–H and O–H groups in total. The molecule has 19 heavy (non-hydrogen) atoms. The highest BCUT2D eigenvalue weighted by atomic mass is 35.5. The van der Waals surface area contributed by atoms with Gasteiger partial charge in [0.05, 0.1) is 5.54 Å². The zero-order valence-electron chi connectivity index (χ0n) is 11.1. The fourth-order valence-corrected chi connectivity index (χ4v) is 2.87. The number of nitrogens with one attached hydrogen (secondary N) is 1. The summed E-state index contributed by atoms with van der Waals surface area (Å²) >= 11 is 1.79. The number of thioether (sulfide) groups is 1. The van der Waals surface area contributed by atoms with Gasteiger partial charge in [0.2, 0.25) is 5.91 Å². The van der Waals surface area contributed by atoms with Crippen LogP contribution in [0.25, 0.3) is 0 Å². The average Bonchev–Trinajstić information content (AvgIpc) is 2.80. The van der Waals surface area contributed by atoms with Crippen molar-refractivity contribution in [2.45, 2.75) is 37.0 Å². The first-order valence-corrected chi connectivity index (χ1v) is 7.72. The number of halogens is 1. The van der Waals surface area contributed by atoms with E-state index in [1.54, 1.807) is 11.8 Å². The fraction of sp³-hybridized carbons (Fsp3) is 0.500. The number of amides is 1. The van der Waals surface area contributed by atoms with Crippen LogP contribution in [-0.4, -0.2) is 17.7 Å². The van der Waals surface area contributed by atoms with Gasteiger partial charge < -0.3 is 11.1 Å². The molecule has 1 aliphatic carbocycles. The standard InChI is InChI=1S/C14H20N2OS.ClH/c1-18-10-11-4-6-12(7-5-11)16-13(17)14(15)8-2-3-9-14;/h4-7H,2-3,8-10,15H2,1H3,(H,16,17);1H. The zero-order chi connectivity index (χ0) is 13.0. The molecule has 0 aromatic heterocycles. The van der Waals surface area contributed by atoms with Gasteiger partial charge >= 0.3 is 0 Å². The lowest BCUT2D eigenvalue weighted by Gasteiger charge is -2.22. The monoisotopic (exact) mass is 300 g/mol. The van der Waals surface area contributed by atoms with E-state index in [1.165, 1.54) is 5.56 Å². The maximum Gasteiger partial charge on any atom is 0.244 e. The van der Waals surface area contributed by atoms with E-state index in [0.717, 1.165) is 37.1 Å². The second-order valence-corrected chi connectivity index (χ2v) is 5.81. The first kappa shape index (κ1) is 16.3.